The molecule has 86 valence electrons. The molecule has 1 aliphatic carbocycles. The second-order valence-electron chi connectivity index (χ2n) is 4.47. The summed E-state index contributed by atoms with van der Waals surface area (Å²) in [5, 5.41) is 11.9. The Morgan fingerprint density at radius 2 is 1.93 bits per heavy atom. The van der Waals surface area contributed by atoms with Crippen molar-refractivity contribution in [1.29, 1.82) is 0 Å². The molecule has 0 aromatic heterocycles. The maximum Gasteiger partial charge on any atom is 0.329 e. The third-order valence-corrected chi connectivity index (χ3v) is 3.24. The zero-order valence-corrected chi connectivity index (χ0v) is 9.38. The standard InChI is InChI=1S/C11H19NO3/c1-3-9(13)12-11(10(14)15)6-4-8(2)5-7-11/h8H,3-7H2,1-2H3,(H,12,13)(H,14,15). The number of carboxylic acids is 1. The number of nitrogens with one attached hydrogen (secondary N) is 1. The van der Waals surface area contributed by atoms with Crippen LogP contribution in [0.2, 0.25) is 0 Å². The highest BCUT2D eigenvalue weighted by molar-refractivity contribution is 5.86. The van der Waals surface area contributed by atoms with Crippen LogP contribution in [0.15, 0.2) is 0 Å². The van der Waals surface area contributed by atoms with Gasteiger partial charge in [0.05, 0.1) is 0 Å². The Morgan fingerprint density at radius 1 is 1.40 bits per heavy atom. The fourth-order valence-electron chi connectivity index (χ4n) is 2.00. The first-order valence-electron chi connectivity index (χ1n) is 5.54. The first-order valence-corrected chi connectivity index (χ1v) is 5.54. The zero-order valence-electron chi connectivity index (χ0n) is 9.38. The van der Waals surface area contributed by atoms with Crippen molar-refractivity contribution in [2.24, 2.45) is 5.92 Å². The fraction of sp³-hybridized carbons (Fsp3) is 0.818. The van der Waals surface area contributed by atoms with E-state index < -0.39 is 11.5 Å². The Bertz CT molecular complexity index is 255. The second-order valence-corrected chi connectivity index (χ2v) is 4.47. The maximum absolute atomic E-state index is 11.3. The lowest BCUT2D eigenvalue weighted by atomic mass is 9.77. The number of hydrogen-bond donors (Lipinski definition) is 2. The van der Waals surface area contributed by atoms with Gasteiger partial charge in [-0.05, 0) is 31.6 Å². The molecule has 0 atom stereocenters. The van der Waals surface area contributed by atoms with Crippen molar-refractivity contribution in [1.82, 2.24) is 5.32 Å². The van der Waals surface area contributed by atoms with E-state index in [2.05, 4.69) is 12.2 Å². The van der Waals surface area contributed by atoms with Crippen LogP contribution >= 0.6 is 0 Å². The molecular formula is C11H19NO3. The molecule has 0 aromatic rings. The van der Waals surface area contributed by atoms with Gasteiger partial charge in [0.25, 0.3) is 0 Å². The minimum atomic E-state index is -1.00. The second kappa shape index (κ2) is 4.64. The summed E-state index contributed by atoms with van der Waals surface area (Å²) in [5.41, 5.74) is -1.00. The van der Waals surface area contributed by atoms with E-state index in [1.807, 2.05) is 0 Å². The van der Waals surface area contributed by atoms with Crippen LogP contribution in [0.3, 0.4) is 0 Å². The molecule has 0 radical (unpaired) electrons. The Morgan fingerprint density at radius 3 is 2.33 bits per heavy atom. The number of aliphatic carboxylic acids is 1. The normalized spacial score (nSPS) is 30.9. The van der Waals surface area contributed by atoms with E-state index in [-0.39, 0.29) is 5.91 Å². The van der Waals surface area contributed by atoms with Crippen molar-refractivity contribution in [2.45, 2.75) is 51.5 Å². The van der Waals surface area contributed by atoms with E-state index in [4.69, 9.17) is 0 Å². The fourth-order valence-corrected chi connectivity index (χ4v) is 2.00. The van der Waals surface area contributed by atoms with E-state index >= 15 is 0 Å². The van der Waals surface area contributed by atoms with Gasteiger partial charge in [-0.15, -0.1) is 0 Å². The highest BCUT2D eigenvalue weighted by Gasteiger charge is 2.42. The summed E-state index contributed by atoms with van der Waals surface area (Å²) in [5.74, 6) is -0.501. The molecule has 4 nitrogen and oxygen atoms in total. The molecule has 0 saturated heterocycles. The Hall–Kier alpha value is -1.06. The molecule has 0 spiro atoms. The van der Waals surface area contributed by atoms with Gasteiger partial charge in [0, 0.05) is 6.42 Å². The van der Waals surface area contributed by atoms with Gasteiger partial charge in [-0.25, -0.2) is 4.79 Å². The molecular weight excluding hydrogens is 194 g/mol. The van der Waals surface area contributed by atoms with Crippen molar-refractivity contribution in [3.8, 4) is 0 Å². The predicted molar refractivity (Wildman–Crippen MR) is 56.4 cm³/mol. The van der Waals surface area contributed by atoms with Gasteiger partial charge < -0.3 is 10.4 Å². The summed E-state index contributed by atoms with van der Waals surface area (Å²) in [4.78, 5) is 22.5. The molecule has 1 aliphatic rings. The van der Waals surface area contributed by atoms with Gasteiger partial charge in [-0.1, -0.05) is 13.8 Å². The Balaban J connectivity index is 2.71. The number of hydrogen-bond acceptors (Lipinski definition) is 2. The maximum atomic E-state index is 11.3. The van der Waals surface area contributed by atoms with Crippen LogP contribution < -0.4 is 5.32 Å². The monoisotopic (exact) mass is 213 g/mol. The first-order chi connectivity index (χ1) is 7.00. The lowest BCUT2D eigenvalue weighted by Gasteiger charge is -2.36. The molecule has 1 saturated carbocycles. The van der Waals surface area contributed by atoms with Crippen molar-refractivity contribution in [2.75, 3.05) is 0 Å². The summed E-state index contributed by atoms with van der Waals surface area (Å²) in [6, 6.07) is 0. The summed E-state index contributed by atoms with van der Waals surface area (Å²) in [6.07, 6.45) is 3.18. The van der Waals surface area contributed by atoms with E-state index in [0.717, 1.165) is 12.8 Å². The van der Waals surface area contributed by atoms with Crippen LogP contribution in [0.4, 0.5) is 0 Å². The molecule has 0 aliphatic heterocycles. The van der Waals surface area contributed by atoms with E-state index in [0.29, 0.717) is 25.2 Å². The largest absolute Gasteiger partial charge is 0.480 e. The van der Waals surface area contributed by atoms with Gasteiger partial charge in [0.1, 0.15) is 5.54 Å². The molecule has 4 heteroatoms. The minimum absolute atomic E-state index is 0.174. The average molecular weight is 213 g/mol. The predicted octanol–water partition coefficient (Wildman–Crippen LogP) is 1.55. The SMILES string of the molecule is CCC(=O)NC1(C(=O)O)CCC(C)CC1. The smallest absolute Gasteiger partial charge is 0.329 e. The average Bonchev–Trinajstić information content (AvgIpc) is 2.21. The van der Waals surface area contributed by atoms with E-state index in [9.17, 15) is 14.7 Å². The lowest BCUT2D eigenvalue weighted by Crippen LogP contribution is -2.56. The van der Waals surface area contributed by atoms with Gasteiger partial charge >= 0.3 is 5.97 Å². The van der Waals surface area contributed by atoms with Crippen molar-refractivity contribution in [3.05, 3.63) is 0 Å². The molecule has 15 heavy (non-hydrogen) atoms. The summed E-state index contributed by atoms with van der Waals surface area (Å²) >= 11 is 0. The number of rotatable bonds is 3. The third kappa shape index (κ3) is 2.70. The summed E-state index contributed by atoms with van der Waals surface area (Å²) in [6.45, 7) is 3.85. The Kier molecular flexibility index (Phi) is 3.72. The van der Waals surface area contributed by atoms with Crippen LogP contribution in [0, 0.1) is 5.92 Å². The van der Waals surface area contributed by atoms with E-state index in [1.165, 1.54) is 0 Å². The van der Waals surface area contributed by atoms with Gasteiger partial charge in [0.2, 0.25) is 5.91 Å². The van der Waals surface area contributed by atoms with Crippen molar-refractivity contribution in [3.63, 3.8) is 0 Å². The highest BCUT2D eigenvalue weighted by atomic mass is 16.4. The molecule has 0 heterocycles. The highest BCUT2D eigenvalue weighted by Crippen LogP contribution is 2.32. The topological polar surface area (TPSA) is 66.4 Å². The number of carbonyl (C=O) groups is 2. The van der Waals surface area contributed by atoms with Crippen molar-refractivity contribution < 1.29 is 14.7 Å². The van der Waals surface area contributed by atoms with Crippen molar-refractivity contribution >= 4 is 11.9 Å². The molecule has 2 N–H and O–H groups in total. The van der Waals surface area contributed by atoms with Crippen LogP contribution in [0.25, 0.3) is 0 Å². The molecule has 0 bridgehead atoms. The summed E-state index contributed by atoms with van der Waals surface area (Å²) < 4.78 is 0. The van der Waals surface area contributed by atoms with Gasteiger partial charge in [0.15, 0.2) is 0 Å². The first kappa shape index (κ1) is 12.0. The Labute approximate surface area is 90.0 Å². The number of carboxylic acid groups (broad SMARTS) is 1. The van der Waals surface area contributed by atoms with Crippen LogP contribution in [-0.2, 0) is 9.59 Å². The summed E-state index contributed by atoms with van der Waals surface area (Å²) in [7, 11) is 0. The molecule has 1 amide bonds. The minimum Gasteiger partial charge on any atom is -0.480 e. The third-order valence-electron chi connectivity index (χ3n) is 3.24. The quantitative estimate of drug-likeness (QED) is 0.747. The van der Waals surface area contributed by atoms with Crippen LogP contribution in [0.5, 0.6) is 0 Å². The zero-order chi connectivity index (χ0) is 11.5. The number of amides is 1. The number of carbonyl (C=O) groups excluding carboxylic acids is 1. The molecule has 1 rings (SSSR count). The van der Waals surface area contributed by atoms with Gasteiger partial charge in [-0.3, -0.25) is 4.79 Å². The molecule has 0 aromatic carbocycles. The van der Waals surface area contributed by atoms with Gasteiger partial charge in [-0.2, -0.15) is 0 Å². The molecule has 0 unspecified atom stereocenters. The van der Waals surface area contributed by atoms with Crippen LogP contribution in [0.1, 0.15) is 46.0 Å². The lowest BCUT2D eigenvalue weighted by molar-refractivity contribution is -0.149. The van der Waals surface area contributed by atoms with Crippen LogP contribution in [-0.4, -0.2) is 22.5 Å². The van der Waals surface area contributed by atoms with E-state index in [1.54, 1.807) is 6.92 Å². The molecule has 1 fully saturated rings.